The molecular weight excluding hydrogens is 516 g/mol. The number of pyridine rings is 2. The Hall–Kier alpha value is -4.56. The van der Waals surface area contributed by atoms with Gasteiger partial charge in [-0.3, -0.25) is 14.8 Å². The monoisotopic (exact) mass is 540 g/mol. The van der Waals surface area contributed by atoms with Crippen molar-refractivity contribution < 1.29 is 4.74 Å². The number of benzene rings is 2. The van der Waals surface area contributed by atoms with Gasteiger partial charge in [0.05, 0.1) is 58.5 Å². The van der Waals surface area contributed by atoms with Gasteiger partial charge in [0.2, 0.25) is 5.56 Å². The first-order chi connectivity index (χ1) is 19.0. The molecule has 0 aliphatic carbocycles. The number of anilines is 3. The van der Waals surface area contributed by atoms with E-state index in [4.69, 9.17) is 16.3 Å². The molecule has 1 atom stereocenters. The van der Waals surface area contributed by atoms with Crippen LogP contribution >= 0.6 is 11.6 Å². The van der Waals surface area contributed by atoms with Gasteiger partial charge in [0.25, 0.3) is 0 Å². The Morgan fingerprint density at radius 1 is 1.18 bits per heavy atom. The summed E-state index contributed by atoms with van der Waals surface area (Å²) in [5.41, 5.74) is 11.2. The van der Waals surface area contributed by atoms with Crippen LogP contribution in [0.2, 0.25) is 5.02 Å². The van der Waals surface area contributed by atoms with Gasteiger partial charge in [-0.25, -0.2) is 0 Å². The number of aryl methyl sites for hydroxylation is 1. The number of aromatic nitrogens is 2. The van der Waals surface area contributed by atoms with Crippen LogP contribution in [0.25, 0.3) is 10.9 Å². The average molecular weight is 541 g/mol. The Labute approximate surface area is 229 Å². The Morgan fingerprint density at radius 2 is 2.00 bits per heavy atom. The lowest BCUT2D eigenvalue weighted by molar-refractivity contribution is -0.0635. The summed E-state index contributed by atoms with van der Waals surface area (Å²) in [5.74, 6) is 0. The molecule has 196 valence electrons. The zero-order chi connectivity index (χ0) is 26.9. The zero-order valence-electron chi connectivity index (χ0n) is 21.0. The molecule has 0 amide bonds. The van der Waals surface area contributed by atoms with E-state index in [-0.39, 0.29) is 17.6 Å². The number of hydrogen-bond donors (Lipinski definition) is 4. The molecule has 11 heteroatoms. The van der Waals surface area contributed by atoms with Gasteiger partial charge < -0.3 is 25.4 Å². The van der Waals surface area contributed by atoms with E-state index < -0.39 is 0 Å². The van der Waals surface area contributed by atoms with Crippen molar-refractivity contribution in [3.05, 3.63) is 105 Å². The number of fused-ring (bicyclic) bond motifs is 1. The van der Waals surface area contributed by atoms with E-state index >= 15 is 0 Å². The summed E-state index contributed by atoms with van der Waals surface area (Å²) < 4.78 is 6.81. The first kappa shape index (κ1) is 24.8. The molecule has 4 N–H and O–H groups in total. The molecule has 0 bridgehead atoms. The topological polar surface area (TPSA) is 119 Å². The zero-order valence-corrected chi connectivity index (χ0v) is 21.7. The predicted molar refractivity (Wildman–Crippen MR) is 150 cm³/mol. The molecule has 2 aliphatic rings. The standard InChI is InChI=1S/C28H25ClN8O2/c1-36-13-19(7-8-25(36)38)32-26-18(11-30)12-31-28-22(26)9-20(10-23(28)29)33-27(17-5-3-2-4-6-17)24-14-37(35-34-24)21-15-39-16-21/h2-10,12-14,21,27,33-35H,15-16H2,1H3,(H,31,32)/t27-/m0/s1. The maximum Gasteiger partial charge on any atom is 0.250 e. The fourth-order valence-corrected chi connectivity index (χ4v) is 4.87. The lowest BCUT2D eigenvalue weighted by atomic mass is 10.0. The lowest BCUT2D eigenvalue weighted by Crippen LogP contribution is -2.52. The van der Waals surface area contributed by atoms with E-state index in [2.05, 4.69) is 44.8 Å². The van der Waals surface area contributed by atoms with Gasteiger partial charge >= 0.3 is 0 Å². The Bertz CT molecular complexity index is 1680. The molecule has 10 nitrogen and oxygen atoms in total. The summed E-state index contributed by atoms with van der Waals surface area (Å²) in [6.07, 6.45) is 5.22. The molecule has 2 aromatic carbocycles. The summed E-state index contributed by atoms with van der Waals surface area (Å²) in [4.78, 5) is 16.3. The molecule has 0 saturated carbocycles. The second-order valence-corrected chi connectivity index (χ2v) is 9.82. The molecule has 4 heterocycles. The number of halogens is 1. The van der Waals surface area contributed by atoms with Crippen molar-refractivity contribution in [2.24, 2.45) is 7.05 Å². The number of nitrogens with zero attached hydrogens (tertiary/aromatic N) is 4. The molecule has 6 rings (SSSR count). The van der Waals surface area contributed by atoms with Gasteiger partial charge in [-0.05, 0) is 23.8 Å². The fourth-order valence-electron chi connectivity index (χ4n) is 4.60. The minimum Gasteiger partial charge on any atom is -0.377 e. The van der Waals surface area contributed by atoms with Crippen LogP contribution in [0.3, 0.4) is 0 Å². The Kier molecular flexibility index (Phi) is 6.54. The van der Waals surface area contributed by atoms with Crippen molar-refractivity contribution in [3.63, 3.8) is 0 Å². The summed E-state index contributed by atoms with van der Waals surface area (Å²) in [7, 11) is 1.67. The van der Waals surface area contributed by atoms with Crippen LogP contribution in [-0.2, 0) is 11.8 Å². The third-order valence-electron chi connectivity index (χ3n) is 6.78. The average Bonchev–Trinajstić information content (AvgIpc) is 3.38. The van der Waals surface area contributed by atoms with Gasteiger partial charge in [-0.15, -0.1) is 5.53 Å². The molecule has 2 aliphatic heterocycles. The number of nitrogens with one attached hydrogen (secondary N) is 4. The molecule has 2 aromatic heterocycles. The largest absolute Gasteiger partial charge is 0.377 e. The predicted octanol–water partition coefficient (Wildman–Crippen LogP) is 3.92. The number of nitriles is 1. The maximum absolute atomic E-state index is 11.9. The summed E-state index contributed by atoms with van der Waals surface area (Å²) in [5, 5.41) is 19.9. The van der Waals surface area contributed by atoms with Crippen LogP contribution in [0.15, 0.2) is 83.7 Å². The highest BCUT2D eigenvalue weighted by molar-refractivity contribution is 6.36. The van der Waals surface area contributed by atoms with Crippen molar-refractivity contribution in [3.8, 4) is 6.07 Å². The van der Waals surface area contributed by atoms with Crippen LogP contribution in [0, 0.1) is 11.3 Å². The van der Waals surface area contributed by atoms with Crippen molar-refractivity contribution >= 4 is 39.6 Å². The molecule has 4 aromatic rings. The maximum atomic E-state index is 11.9. The summed E-state index contributed by atoms with van der Waals surface area (Å²) in [6, 6.07) is 19.2. The quantitative estimate of drug-likeness (QED) is 0.276. The third kappa shape index (κ3) is 4.86. The Balaban J connectivity index is 1.41. The van der Waals surface area contributed by atoms with Gasteiger partial charge in [0.15, 0.2) is 0 Å². The van der Waals surface area contributed by atoms with E-state index in [9.17, 15) is 10.1 Å². The van der Waals surface area contributed by atoms with Crippen LogP contribution in [-0.4, -0.2) is 33.8 Å². The molecule has 0 spiro atoms. The molecule has 1 saturated heterocycles. The summed E-state index contributed by atoms with van der Waals surface area (Å²) in [6.45, 7) is 1.34. The third-order valence-corrected chi connectivity index (χ3v) is 7.06. The molecular formula is C28H25ClN8O2. The van der Waals surface area contributed by atoms with Crippen LogP contribution in [0.4, 0.5) is 17.1 Å². The number of hydrogen-bond acceptors (Lipinski definition) is 9. The van der Waals surface area contributed by atoms with E-state index in [1.54, 1.807) is 19.3 Å². The van der Waals surface area contributed by atoms with Crippen LogP contribution in [0.5, 0.6) is 0 Å². The molecule has 1 fully saturated rings. The molecule has 0 radical (unpaired) electrons. The van der Waals surface area contributed by atoms with Gasteiger partial charge in [0, 0.05) is 42.8 Å². The number of rotatable bonds is 7. The van der Waals surface area contributed by atoms with Crippen molar-refractivity contribution in [2.75, 3.05) is 23.8 Å². The normalized spacial score (nSPS) is 15.7. The summed E-state index contributed by atoms with van der Waals surface area (Å²) >= 11 is 6.74. The molecule has 0 unspecified atom stereocenters. The fraction of sp³-hybridized carbons (Fsp3) is 0.179. The highest BCUT2D eigenvalue weighted by Gasteiger charge is 2.30. The number of ether oxygens (including phenoxy) is 1. The first-order valence-corrected chi connectivity index (χ1v) is 12.7. The highest BCUT2D eigenvalue weighted by Crippen LogP contribution is 2.37. The van der Waals surface area contributed by atoms with Gasteiger partial charge in [-0.1, -0.05) is 41.9 Å². The van der Waals surface area contributed by atoms with E-state index in [1.165, 1.54) is 16.8 Å². The van der Waals surface area contributed by atoms with Crippen molar-refractivity contribution in [1.82, 2.24) is 25.5 Å². The minimum absolute atomic E-state index is 0.130. The van der Waals surface area contributed by atoms with Crippen LogP contribution < -0.4 is 27.2 Å². The van der Waals surface area contributed by atoms with Gasteiger partial charge in [0.1, 0.15) is 6.07 Å². The first-order valence-electron chi connectivity index (χ1n) is 12.4. The van der Waals surface area contributed by atoms with E-state index in [1.807, 2.05) is 41.5 Å². The molecule has 39 heavy (non-hydrogen) atoms. The van der Waals surface area contributed by atoms with Crippen LogP contribution in [0.1, 0.15) is 17.2 Å². The van der Waals surface area contributed by atoms with Crippen molar-refractivity contribution in [1.29, 1.82) is 5.26 Å². The minimum atomic E-state index is -0.231. The van der Waals surface area contributed by atoms with E-state index in [0.717, 1.165) is 16.9 Å². The van der Waals surface area contributed by atoms with Gasteiger partial charge in [-0.2, -0.15) is 5.26 Å². The second-order valence-electron chi connectivity index (χ2n) is 9.41. The SMILES string of the molecule is Cn1cc(Nc2c(C#N)cnc3c(Cl)cc(N[C@H](C4=CN(C5COC5)NN4)c4ccccc4)cc23)ccc1=O. The highest BCUT2D eigenvalue weighted by atomic mass is 35.5. The number of hydrazine groups is 2. The lowest BCUT2D eigenvalue weighted by Gasteiger charge is -2.33. The second kappa shape index (κ2) is 10.3. The van der Waals surface area contributed by atoms with E-state index in [0.29, 0.717) is 46.1 Å². The smallest absolute Gasteiger partial charge is 0.250 e. The Morgan fingerprint density at radius 3 is 2.72 bits per heavy atom. The van der Waals surface area contributed by atoms with Crippen molar-refractivity contribution in [2.45, 2.75) is 12.1 Å².